The van der Waals surface area contributed by atoms with E-state index in [2.05, 4.69) is 202 Å². The SMILES string of the molecule is c1ccc2c(c1)oc1ccc(-c3ccc(N(c4ccc(-n5c6ccccc6c6ccccc65)cc4)c4cccc5c6cccc7c8ccccc8n(c45)c76)cc3)cc12. The zero-order valence-corrected chi connectivity index (χ0v) is 31.3. The van der Waals surface area contributed by atoms with Gasteiger partial charge >= 0.3 is 0 Å². The average Bonchev–Trinajstić information content (AvgIpc) is 4.03. The Balaban J connectivity index is 1.02. The summed E-state index contributed by atoms with van der Waals surface area (Å²) in [5.74, 6) is 0. The molecule has 13 aromatic rings. The molecule has 0 unspecified atom stereocenters. The Labute approximate surface area is 333 Å². The summed E-state index contributed by atoms with van der Waals surface area (Å²) in [6, 6.07) is 72.6. The predicted molar refractivity (Wildman–Crippen MR) is 243 cm³/mol. The molecular formula is C54H33N3O. The highest BCUT2D eigenvalue weighted by Crippen LogP contribution is 2.46. The van der Waals surface area contributed by atoms with Gasteiger partial charge in [0, 0.05) is 60.2 Å². The number of nitrogens with zero attached hydrogens (tertiary/aromatic N) is 3. The molecule has 0 saturated heterocycles. The molecule has 0 radical (unpaired) electrons. The molecule has 4 aromatic heterocycles. The molecule has 0 saturated carbocycles. The van der Waals surface area contributed by atoms with Crippen molar-refractivity contribution in [3.63, 3.8) is 0 Å². The fourth-order valence-electron chi connectivity index (χ4n) is 9.72. The van der Waals surface area contributed by atoms with Gasteiger partial charge in [-0.1, -0.05) is 121 Å². The summed E-state index contributed by atoms with van der Waals surface area (Å²) in [6.45, 7) is 0. The van der Waals surface area contributed by atoms with Gasteiger partial charge in [0.2, 0.25) is 0 Å². The lowest BCUT2D eigenvalue weighted by Crippen LogP contribution is -2.11. The summed E-state index contributed by atoms with van der Waals surface area (Å²) < 4.78 is 11.0. The Kier molecular flexibility index (Phi) is 6.41. The molecule has 13 rings (SSSR count). The van der Waals surface area contributed by atoms with E-state index < -0.39 is 0 Å². The number of para-hydroxylation sites is 6. The summed E-state index contributed by atoms with van der Waals surface area (Å²) in [6.07, 6.45) is 0. The monoisotopic (exact) mass is 739 g/mol. The van der Waals surface area contributed by atoms with Crippen LogP contribution in [0.4, 0.5) is 17.1 Å². The van der Waals surface area contributed by atoms with Gasteiger partial charge in [-0.3, -0.25) is 0 Å². The topological polar surface area (TPSA) is 25.7 Å². The molecule has 4 nitrogen and oxygen atoms in total. The van der Waals surface area contributed by atoms with Crippen LogP contribution in [-0.2, 0) is 0 Å². The van der Waals surface area contributed by atoms with E-state index in [-0.39, 0.29) is 0 Å². The van der Waals surface area contributed by atoms with Crippen LogP contribution in [-0.4, -0.2) is 8.97 Å². The van der Waals surface area contributed by atoms with Crippen molar-refractivity contribution in [3.8, 4) is 16.8 Å². The number of hydrogen-bond donors (Lipinski definition) is 0. The highest BCUT2D eigenvalue weighted by Gasteiger charge is 2.23. The number of fused-ring (bicyclic) bond motifs is 12. The second-order valence-electron chi connectivity index (χ2n) is 15.3. The first-order valence-corrected chi connectivity index (χ1v) is 19.8. The molecule has 58 heavy (non-hydrogen) atoms. The van der Waals surface area contributed by atoms with E-state index in [1.165, 1.54) is 59.9 Å². The maximum atomic E-state index is 6.16. The quantitative estimate of drug-likeness (QED) is 0.176. The summed E-state index contributed by atoms with van der Waals surface area (Å²) in [4.78, 5) is 2.43. The second kappa shape index (κ2) is 11.8. The lowest BCUT2D eigenvalue weighted by atomic mass is 10.0. The summed E-state index contributed by atoms with van der Waals surface area (Å²) >= 11 is 0. The van der Waals surface area contributed by atoms with Gasteiger partial charge in [-0.2, -0.15) is 0 Å². The number of aromatic nitrogens is 2. The van der Waals surface area contributed by atoms with Gasteiger partial charge in [0.15, 0.2) is 0 Å². The van der Waals surface area contributed by atoms with Crippen molar-refractivity contribution in [2.24, 2.45) is 0 Å². The summed E-state index contributed by atoms with van der Waals surface area (Å²) in [7, 11) is 0. The van der Waals surface area contributed by atoms with Gasteiger partial charge in [0.1, 0.15) is 11.2 Å². The molecule has 0 atom stereocenters. The highest BCUT2D eigenvalue weighted by molar-refractivity contribution is 6.25. The summed E-state index contributed by atoms with van der Waals surface area (Å²) in [5.41, 5.74) is 14.6. The molecule has 0 aliphatic heterocycles. The third kappa shape index (κ3) is 4.34. The summed E-state index contributed by atoms with van der Waals surface area (Å²) in [5, 5.41) is 9.85. The largest absolute Gasteiger partial charge is 0.456 e. The Morgan fingerprint density at radius 1 is 0.345 bits per heavy atom. The normalized spacial score (nSPS) is 12.1. The smallest absolute Gasteiger partial charge is 0.135 e. The molecule has 9 aromatic carbocycles. The van der Waals surface area contributed by atoms with Crippen molar-refractivity contribution in [1.29, 1.82) is 0 Å². The number of hydrogen-bond acceptors (Lipinski definition) is 2. The minimum atomic E-state index is 0.905. The third-order valence-electron chi connectivity index (χ3n) is 12.2. The molecular weight excluding hydrogens is 707 g/mol. The molecule has 0 spiro atoms. The van der Waals surface area contributed by atoms with Crippen LogP contribution in [0.2, 0.25) is 0 Å². The molecule has 0 aliphatic rings. The molecule has 4 heteroatoms. The van der Waals surface area contributed by atoms with Gasteiger partial charge < -0.3 is 18.3 Å². The minimum absolute atomic E-state index is 0.905. The lowest BCUT2D eigenvalue weighted by molar-refractivity contribution is 0.669. The maximum absolute atomic E-state index is 6.16. The molecule has 270 valence electrons. The van der Waals surface area contributed by atoms with Crippen molar-refractivity contribution in [2.75, 3.05) is 4.90 Å². The van der Waals surface area contributed by atoms with Crippen LogP contribution in [0.5, 0.6) is 0 Å². The van der Waals surface area contributed by atoms with Crippen LogP contribution < -0.4 is 4.90 Å². The standard InChI is InChI=1S/C54H33N3O/c1-5-18-47-39(11-1)40-12-2-6-19-48(40)56(47)38-30-28-37(29-31-38)55(36-26-23-34(24-27-36)35-25-32-52-46(33-35)42-14-4-8-22-51(42)58-52)50-21-10-17-45-44-16-9-15-43-41-13-3-7-20-49(41)57(53(43)44)54(45)50/h1-33H. The molecule has 0 aliphatic carbocycles. The highest BCUT2D eigenvalue weighted by atomic mass is 16.3. The van der Waals surface area contributed by atoms with Crippen LogP contribution >= 0.6 is 0 Å². The van der Waals surface area contributed by atoms with E-state index in [1.807, 2.05) is 12.1 Å². The van der Waals surface area contributed by atoms with E-state index in [0.717, 1.165) is 55.8 Å². The fraction of sp³-hybridized carbons (Fsp3) is 0. The van der Waals surface area contributed by atoms with Gasteiger partial charge in [0.05, 0.1) is 33.3 Å². The first-order chi connectivity index (χ1) is 28.8. The van der Waals surface area contributed by atoms with E-state index in [0.29, 0.717) is 0 Å². The number of anilines is 3. The molecule has 0 bridgehead atoms. The Bertz CT molecular complexity index is 3680. The van der Waals surface area contributed by atoms with Gasteiger partial charge in [-0.25, -0.2) is 0 Å². The van der Waals surface area contributed by atoms with Crippen molar-refractivity contribution in [2.45, 2.75) is 0 Å². The number of furan rings is 1. The van der Waals surface area contributed by atoms with E-state index >= 15 is 0 Å². The van der Waals surface area contributed by atoms with E-state index in [4.69, 9.17) is 4.42 Å². The van der Waals surface area contributed by atoms with Crippen molar-refractivity contribution in [3.05, 3.63) is 200 Å². The Hall–Kier alpha value is -7.82. The van der Waals surface area contributed by atoms with Crippen LogP contribution in [0.1, 0.15) is 0 Å². The second-order valence-corrected chi connectivity index (χ2v) is 15.3. The van der Waals surface area contributed by atoms with Crippen LogP contribution in [0.25, 0.3) is 98.7 Å². The Morgan fingerprint density at radius 3 is 1.55 bits per heavy atom. The average molecular weight is 740 g/mol. The fourth-order valence-corrected chi connectivity index (χ4v) is 9.72. The van der Waals surface area contributed by atoms with Crippen molar-refractivity contribution in [1.82, 2.24) is 8.97 Å². The molecule has 0 N–H and O–H groups in total. The van der Waals surface area contributed by atoms with Gasteiger partial charge in [0.25, 0.3) is 0 Å². The van der Waals surface area contributed by atoms with Crippen LogP contribution in [0, 0.1) is 0 Å². The maximum Gasteiger partial charge on any atom is 0.135 e. The molecule has 4 heterocycles. The van der Waals surface area contributed by atoms with Crippen molar-refractivity contribution < 1.29 is 4.42 Å². The number of rotatable bonds is 5. The zero-order chi connectivity index (χ0) is 37.9. The Morgan fingerprint density at radius 2 is 0.845 bits per heavy atom. The first-order valence-electron chi connectivity index (χ1n) is 19.8. The third-order valence-corrected chi connectivity index (χ3v) is 12.2. The van der Waals surface area contributed by atoms with Crippen molar-refractivity contribution >= 4 is 98.9 Å². The zero-order valence-electron chi connectivity index (χ0n) is 31.3. The molecule has 0 fully saturated rings. The first kappa shape index (κ1) is 31.4. The van der Waals surface area contributed by atoms with Gasteiger partial charge in [-0.05, 0) is 90.0 Å². The molecule has 0 amide bonds. The minimum Gasteiger partial charge on any atom is -0.456 e. The van der Waals surface area contributed by atoms with Crippen LogP contribution in [0.15, 0.2) is 205 Å². The van der Waals surface area contributed by atoms with Gasteiger partial charge in [-0.15, -0.1) is 0 Å². The van der Waals surface area contributed by atoms with E-state index in [9.17, 15) is 0 Å². The van der Waals surface area contributed by atoms with E-state index in [1.54, 1.807) is 0 Å². The van der Waals surface area contributed by atoms with Crippen LogP contribution in [0.3, 0.4) is 0 Å². The predicted octanol–water partition coefficient (Wildman–Crippen LogP) is 15.0. The lowest BCUT2D eigenvalue weighted by Gasteiger charge is -2.27. The number of benzene rings is 9.